The number of hydrogen-bond donors (Lipinski definition) is 0. The van der Waals surface area contributed by atoms with Crippen LogP contribution in [0.5, 0.6) is 0 Å². The molecule has 0 saturated carbocycles. The van der Waals surface area contributed by atoms with Gasteiger partial charge in [-0.25, -0.2) is 44.0 Å². The van der Waals surface area contributed by atoms with E-state index >= 15 is 0 Å². The lowest BCUT2D eigenvalue weighted by molar-refractivity contribution is 1.07. The van der Waals surface area contributed by atoms with Crippen molar-refractivity contribution in [1.82, 2.24) is 24.1 Å². The molecule has 3 aromatic heterocycles. The Bertz CT molecular complexity index is 6390. The molecule has 15 rings (SSSR count). The lowest BCUT2D eigenvalue weighted by Crippen LogP contribution is -2.04. The number of hydrogen-bond acceptors (Lipinski definition) is 9. The average Bonchev–Trinajstić information content (AvgIpc) is 1.56. The normalized spacial score (nSPS) is 10.6. The summed E-state index contributed by atoms with van der Waals surface area (Å²) in [5.74, 6) is 1.17. The quantitative estimate of drug-likeness (QED) is 0.119. The number of para-hydroxylation sites is 1. The van der Waals surface area contributed by atoms with E-state index in [1.165, 1.54) is 48.5 Å². The van der Waals surface area contributed by atoms with Crippen LogP contribution in [0.15, 0.2) is 224 Å². The van der Waals surface area contributed by atoms with Gasteiger partial charge in [-0.2, -0.15) is 31.6 Å². The van der Waals surface area contributed by atoms with Crippen molar-refractivity contribution in [3.8, 4) is 138 Å². The molecule has 17 heteroatoms. The molecule has 15 aromatic rings. The minimum absolute atomic E-state index is 0.0899. The van der Waals surface area contributed by atoms with Crippen molar-refractivity contribution in [3.05, 3.63) is 326 Å². The van der Waals surface area contributed by atoms with Gasteiger partial charge in [0.25, 0.3) is 0 Å². The van der Waals surface area contributed by atoms with Gasteiger partial charge in [-0.05, 0) is 131 Å². The van der Waals surface area contributed by atoms with Gasteiger partial charge in [-0.3, -0.25) is 0 Å². The van der Waals surface area contributed by atoms with Crippen LogP contribution in [0, 0.1) is 107 Å². The SMILES string of the molecule is [C-]#[N+]c1cc(C#N)c(-c2ccc3c(c2)c2cc(-c4c(C#N)cc([N+]#[C-])cc4[N+]#[C-])ccc2n3-c2cc(-c3nc(-c4ccccc4)nc(-c4ccccc4)n3)ccc2-c2ccccc2-n2c3ccc(-c4c(C#N)cc(C#N)cc4[N+]#[C-])cc3c3cc(-c4c([N+]#[C-])cc(C#N)cc4[N+]#[C-])ccc32)c(C#N)c1. The third-order valence-corrected chi connectivity index (χ3v) is 18.2. The van der Waals surface area contributed by atoms with Gasteiger partial charge < -0.3 is 9.13 Å². The summed E-state index contributed by atoms with van der Waals surface area (Å²) < 4.78 is 4.20. The van der Waals surface area contributed by atoms with Gasteiger partial charge in [0.05, 0.1) is 126 Å². The second-order valence-corrected chi connectivity index (χ2v) is 23.8. The minimum Gasteiger partial charge on any atom is -0.309 e. The standard InChI is InChI=1S/C87H37N17/c1-94-63-35-60(47-91)81(61(36-63)48-92)54-22-27-78-67(38-54)69-40-56(83-62(49-93)37-64(95-2)43-74(83)99-6)24-29-79(69)104(78)80-42-58(87-101-85(52-15-9-7-10-16-52)100-86(102-87)53-17-11-8-12-18-53)21-26-66(80)65-19-13-14-20-75(65)103-76-28-23-55(82-59(46-90)31-50(44-88)32-71(82)96-3)39-68(76)70-41-57(25-30-77(70)103)84-72(97-4)33-51(45-89)34-73(84)98-5/h7-43H. The van der Waals surface area contributed by atoms with E-state index < -0.39 is 0 Å². The van der Waals surface area contributed by atoms with Crippen LogP contribution in [0.1, 0.15) is 33.4 Å². The van der Waals surface area contributed by atoms with Crippen molar-refractivity contribution in [3.63, 3.8) is 0 Å². The fourth-order valence-electron chi connectivity index (χ4n) is 13.8. The maximum absolute atomic E-state index is 10.7. The van der Waals surface area contributed by atoms with Gasteiger partial charge >= 0.3 is 0 Å². The highest BCUT2D eigenvalue weighted by atomic mass is 15.0. The predicted octanol–water partition coefficient (Wildman–Crippen LogP) is 21.9. The zero-order valence-corrected chi connectivity index (χ0v) is 54.0. The summed E-state index contributed by atoms with van der Waals surface area (Å²) in [6.07, 6.45) is 0. The summed E-state index contributed by atoms with van der Waals surface area (Å²) >= 11 is 0. The third kappa shape index (κ3) is 10.5. The molecule has 0 bridgehead atoms. The first-order valence-electron chi connectivity index (χ1n) is 31.7. The molecule has 0 fully saturated rings. The van der Waals surface area contributed by atoms with Crippen molar-refractivity contribution in [1.29, 1.82) is 31.6 Å². The molecule has 0 atom stereocenters. The van der Waals surface area contributed by atoms with Crippen LogP contribution in [-0.4, -0.2) is 24.1 Å². The van der Waals surface area contributed by atoms with Crippen LogP contribution in [0.3, 0.4) is 0 Å². The lowest BCUT2D eigenvalue weighted by Gasteiger charge is -2.20. The van der Waals surface area contributed by atoms with Gasteiger partial charge in [0.15, 0.2) is 51.6 Å². The molecule has 0 N–H and O–H groups in total. The summed E-state index contributed by atoms with van der Waals surface area (Å²) in [7, 11) is 0. The molecule has 0 amide bonds. The molecular formula is C87H37N17. The van der Waals surface area contributed by atoms with Crippen LogP contribution in [0.2, 0.25) is 0 Å². The van der Waals surface area contributed by atoms with E-state index in [4.69, 9.17) is 54.4 Å². The predicted molar refractivity (Wildman–Crippen MR) is 398 cm³/mol. The maximum Gasteiger partial charge on any atom is 0.197 e. The first kappa shape index (κ1) is 63.2. The molecule has 104 heavy (non-hydrogen) atoms. The number of nitrogens with zero attached hydrogens (tertiary/aromatic N) is 17. The highest BCUT2D eigenvalue weighted by Gasteiger charge is 2.27. The van der Waals surface area contributed by atoms with E-state index in [2.05, 4.69) is 74.6 Å². The molecule has 0 unspecified atom stereocenters. The molecule has 12 aromatic carbocycles. The second-order valence-electron chi connectivity index (χ2n) is 23.8. The topological polar surface area (TPSA) is 217 Å². The van der Waals surface area contributed by atoms with Gasteiger partial charge in [-0.1, -0.05) is 121 Å². The summed E-state index contributed by atoms with van der Waals surface area (Å²) in [5, 5.41) is 65.3. The second kappa shape index (κ2) is 25.9. The van der Waals surface area contributed by atoms with Crippen molar-refractivity contribution >= 4 is 77.7 Å². The van der Waals surface area contributed by atoms with E-state index in [1.807, 2.05) is 176 Å². The van der Waals surface area contributed by atoms with Gasteiger partial charge in [0.1, 0.15) is 0 Å². The Kier molecular flexibility index (Phi) is 15.8. The van der Waals surface area contributed by atoms with E-state index in [1.54, 1.807) is 0 Å². The molecule has 3 heterocycles. The molecular weight excluding hydrogens is 1280 g/mol. The number of rotatable bonds is 10. The van der Waals surface area contributed by atoms with Gasteiger partial charge in [0.2, 0.25) is 0 Å². The van der Waals surface area contributed by atoms with Crippen LogP contribution in [-0.2, 0) is 0 Å². The number of fused-ring (bicyclic) bond motifs is 6. The van der Waals surface area contributed by atoms with E-state index in [0.29, 0.717) is 134 Å². The lowest BCUT2D eigenvalue weighted by atomic mass is 9.93. The summed E-state index contributed by atoms with van der Waals surface area (Å²) in [4.78, 5) is 37.8. The highest BCUT2D eigenvalue weighted by Crippen LogP contribution is 2.49. The van der Waals surface area contributed by atoms with Gasteiger partial charge in [-0.15, -0.1) is 0 Å². The van der Waals surface area contributed by atoms with E-state index in [-0.39, 0.29) is 67.5 Å². The highest BCUT2D eigenvalue weighted by molar-refractivity contribution is 6.15. The van der Waals surface area contributed by atoms with Crippen molar-refractivity contribution < 1.29 is 0 Å². The van der Waals surface area contributed by atoms with Crippen LogP contribution in [0.4, 0.5) is 34.1 Å². The molecule has 470 valence electrons. The van der Waals surface area contributed by atoms with Gasteiger partial charge in [0, 0.05) is 82.7 Å². The van der Waals surface area contributed by atoms with Crippen LogP contribution >= 0.6 is 0 Å². The maximum atomic E-state index is 10.7. The Labute approximate surface area is 594 Å². The Morgan fingerprint density at radius 2 is 0.615 bits per heavy atom. The number of nitriles is 6. The number of benzene rings is 12. The number of aromatic nitrogens is 5. The van der Waals surface area contributed by atoms with Crippen molar-refractivity contribution in [2.24, 2.45) is 0 Å². The zero-order valence-electron chi connectivity index (χ0n) is 54.0. The molecule has 0 spiro atoms. The molecule has 0 saturated heterocycles. The Balaban J connectivity index is 1.06. The Morgan fingerprint density at radius 1 is 0.269 bits per heavy atom. The largest absolute Gasteiger partial charge is 0.309 e. The first-order chi connectivity index (χ1) is 51.0. The molecule has 17 nitrogen and oxygen atoms in total. The zero-order chi connectivity index (χ0) is 71.9. The molecule has 0 aliphatic heterocycles. The fraction of sp³-hybridized carbons (Fsp3) is 0. The molecule has 0 aliphatic carbocycles. The monoisotopic (exact) mass is 1320 g/mol. The average molecular weight is 1320 g/mol. The molecule has 0 aliphatic rings. The Hall–Kier alpha value is -16.9. The van der Waals surface area contributed by atoms with Crippen LogP contribution < -0.4 is 0 Å². The third-order valence-electron chi connectivity index (χ3n) is 18.2. The minimum atomic E-state index is 0.0899. The summed E-state index contributed by atoms with van der Waals surface area (Å²) in [6, 6.07) is 80.2. The molecule has 0 radical (unpaired) electrons. The van der Waals surface area contributed by atoms with Crippen molar-refractivity contribution in [2.45, 2.75) is 0 Å². The fourth-order valence-corrected chi connectivity index (χ4v) is 13.8. The van der Waals surface area contributed by atoms with Crippen LogP contribution in [0.25, 0.3) is 174 Å². The smallest absolute Gasteiger partial charge is 0.197 e. The van der Waals surface area contributed by atoms with Crippen molar-refractivity contribution in [2.75, 3.05) is 0 Å². The summed E-state index contributed by atoms with van der Waals surface area (Å²) in [5.41, 5.74) is 11.9. The summed E-state index contributed by atoms with van der Waals surface area (Å²) in [6.45, 7) is 48.8. The van der Waals surface area contributed by atoms with E-state index in [0.717, 1.165) is 11.1 Å². The Morgan fingerprint density at radius 3 is 1.06 bits per heavy atom. The van der Waals surface area contributed by atoms with E-state index in [9.17, 15) is 31.6 Å². The first-order valence-corrected chi connectivity index (χ1v) is 31.7.